The van der Waals surface area contributed by atoms with Gasteiger partial charge in [0.15, 0.2) is 0 Å². The molecule has 6 nitrogen and oxygen atoms in total. The molecule has 2 unspecified atom stereocenters. The van der Waals surface area contributed by atoms with Gasteiger partial charge in [-0.3, -0.25) is 9.52 Å². The van der Waals surface area contributed by atoms with E-state index in [4.69, 9.17) is 17.3 Å². The molecule has 0 heterocycles. The summed E-state index contributed by atoms with van der Waals surface area (Å²) in [6.45, 7) is 3.86. The topological polar surface area (TPSA) is 101 Å². The first-order valence-electron chi connectivity index (χ1n) is 6.47. The van der Waals surface area contributed by atoms with Crippen molar-refractivity contribution in [1.29, 1.82) is 0 Å². The number of sulfonamides is 1. The molecule has 0 fully saturated rings. The fraction of sp³-hybridized carbons (Fsp3) is 0.462. The fourth-order valence-corrected chi connectivity index (χ4v) is 2.47. The second kappa shape index (κ2) is 7.11. The van der Waals surface area contributed by atoms with Gasteiger partial charge in [-0.05, 0) is 24.1 Å². The first kappa shape index (κ1) is 17.7. The highest BCUT2D eigenvalue weighted by molar-refractivity contribution is 7.92. The lowest BCUT2D eigenvalue weighted by Gasteiger charge is -2.18. The van der Waals surface area contributed by atoms with Crippen molar-refractivity contribution in [1.82, 2.24) is 0 Å². The van der Waals surface area contributed by atoms with Crippen LogP contribution in [0.1, 0.15) is 20.3 Å². The Bertz CT molecular complexity index is 619. The largest absolute Gasteiger partial charge is 0.325 e. The summed E-state index contributed by atoms with van der Waals surface area (Å²) >= 11 is 5.98. The lowest BCUT2D eigenvalue weighted by Crippen LogP contribution is -2.40. The van der Waals surface area contributed by atoms with Crippen molar-refractivity contribution in [3.63, 3.8) is 0 Å². The van der Waals surface area contributed by atoms with Crippen LogP contribution in [-0.4, -0.2) is 26.6 Å². The third kappa shape index (κ3) is 5.53. The Hall–Kier alpha value is -1.31. The summed E-state index contributed by atoms with van der Waals surface area (Å²) in [5.74, 6) is -0.240. The van der Waals surface area contributed by atoms with E-state index in [0.717, 1.165) is 12.7 Å². The van der Waals surface area contributed by atoms with Crippen LogP contribution in [0.2, 0.25) is 5.02 Å². The van der Waals surface area contributed by atoms with E-state index >= 15 is 0 Å². The predicted molar refractivity (Wildman–Crippen MR) is 86.0 cm³/mol. The third-order valence-corrected chi connectivity index (χ3v) is 4.00. The third-order valence-electron chi connectivity index (χ3n) is 3.09. The monoisotopic (exact) mass is 333 g/mol. The molecule has 2 atom stereocenters. The molecule has 0 bridgehead atoms. The summed E-state index contributed by atoms with van der Waals surface area (Å²) in [5, 5.41) is 2.85. The van der Waals surface area contributed by atoms with Crippen LogP contribution in [0.4, 0.5) is 11.4 Å². The molecular formula is C13H20ClN3O3S. The summed E-state index contributed by atoms with van der Waals surface area (Å²) in [7, 11) is -3.41. The van der Waals surface area contributed by atoms with Gasteiger partial charge in [-0.25, -0.2) is 8.42 Å². The molecule has 0 aromatic heterocycles. The van der Waals surface area contributed by atoms with Crippen LogP contribution in [0.15, 0.2) is 18.2 Å². The summed E-state index contributed by atoms with van der Waals surface area (Å²) in [5.41, 5.74) is 6.55. The summed E-state index contributed by atoms with van der Waals surface area (Å²) in [4.78, 5) is 11.9. The molecule has 0 aliphatic heterocycles. The molecular weight excluding hydrogens is 314 g/mol. The highest BCUT2D eigenvalue weighted by Gasteiger charge is 2.19. The maximum atomic E-state index is 11.9. The summed E-state index contributed by atoms with van der Waals surface area (Å²) < 4.78 is 24.6. The molecule has 21 heavy (non-hydrogen) atoms. The highest BCUT2D eigenvalue weighted by Crippen LogP contribution is 2.26. The average molecular weight is 334 g/mol. The standard InChI is InChI=1S/C13H20ClN3O3S/c1-4-8(2)12(15)13(18)16-9-5-6-11(10(14)7-9)17-21(3,19)20/h5-8,12,17H,4,15H2,1-3H3,(H,16,18). The van der Waals surface area contributed by atoms with E-state index in [2.05, 4.69) is 10.0 Å². The van der Waals surface area contributed by atoms with Gasteiger partial charge >= 0.3 is 0 Å². The number of rotatable bonds is 6. The van der Waals surface area contributed by atoms with Gasteiger partial charge < -0.3 is 11.1 Å². The van der Waals surface area contributed by atoms with Gasteiger partial charge in [0.05, 0.1) is 23.0 Å². The van der Waals surface area contributed by atoms with Gasteiger partial charge in [-0.2, -0.15) is 0 Å². The number of anilines is 2. The van der Waals surface area contributed by atoms with Gasteiger partial charge in [0.1, 0.15) is 0 Å². The lowest BCUT2D eigenvalue weighted by molar-refractivity contribution is -0.118. The minimum absolute atomic E-state index is 0.0617. The van der Waals surface area contributed by atoms with Crippen molar-refractivity contribution >= 4 is 38.9 Å². The zero-order chi connectivity index (χ0) is 16.2. The van der Waals surface area contributed by atoms with Crippen LogP contribution in [0.5, 0.6) is 0 Å². The number of halogens is 1. The van der Waals surface area contributed by atoms with E-state index in [1.165, 1.54) is 12.1 Å². The smallest absolute Gasteiger partial charge is 0.241 e. The second-order valence-corrected chi connectivity index (χ2v) is 7.13. The number of hydrogen-bond acceptors (Lipinski definition) is 4. The zero-order valence-corrected chi connectivity index (χ0v) is 13.8. The van der Waals surface area contributed by atoms with E-state index in [9.17, 15) is 13.2 Å². The number of amides is 1. The first-order chi connectivity index (χ1) is 9.64. The molecule has 0 saturated heterocycles. The lowest BCUT2D eigenvalue weighted by atomic mass is 9.99. The van der Waals surface area contributed by atoms with Crippen LogP contribution in [0.25, 0.3) is 0 Å². The Labute approximate surface area is 130 Å². The Balaban J connectivity index is 2.83. The number of carbonyl (C=O) groups is 1. The van der Waals surface area contributed by atoms with Gasteiger partial charge in [0.25, 0.3) is 0 Å². The van der Waals surface area contributed by atoms with E-state index in [-0.39, 0.29) is 22.5 Å². The van der Waals surface area contributed by atoms with Crippen LogP contribution < -0.4 is 15.8 Å². The molecule has 0 spiro atoms. The number of carbonyl (C=O) groups excluding carboxylic acids is 1. The van der Waals surface area contributed by atoms with Crippen LogP contribution in [-0.2, 0) is 14.8 Å². The van der Waals surface area contributed by atoms with Gasteiger partial charge in [-0.1, -0.05) is 31.9 Å². The van der Waals surface area contributed by atoms with Crippen molar-refractivity contribution in [2.24, 2.45) is 11.7 Å². The number of nitrogens with one attached hydrogen (secondary N) is 2. The number of benzene rings is 1. The van der Waals surface area contributed by atoms with E-state index < -0.39 is 16.1 Å². The molecule has 0 aliphatic carbocycles. The van der Waals surface area contributed by atoms with Crippen molar-refractivity contribution in [3.8, 4) is 0 Å². The second-order valence-electron chi connectivity index (χ2n) is 4.97. The number of nitrogens with two attached hydrogens (primary N) is 1. The van der Waals surface area contributed by atoms with Crippen molar-refractivity contribution in [2.75, 3.05) is 16.3 Å². The van der Waals surface area contributed by atoms with Crippen LogP contribution >= 0.6 is 11.6 Å². The first-order valence-corrected chi connectivity index (χ1v) is 8.74. The Kier molecular flexibility index (Phi) is 6.00. The van der Waals surface area contributed by atoms with E-state index in [1.807, 2.05) is 13.8 Å². The fourth-order valence-electron chi connectivity index (χ4n) is 1.61. The molecule has 0 aliphatic rings. The molecule has 8 heteroatoms. The van der Waals surface area contributed by atoms with Crippen LogP contribution in [0, 0.1) is 5.92 Å². The molecule has 1 rings (SSSR count). The zero-order valence-electron chi connectivity index (χ0n) is 12.2. The summed E-state index contributed by atoms with van der Waals surface area (Å²) in [6, 6.07) is 3.90. The van der Waals surface area contributed by atoms with Gasteiger partial charge in [0.2, 0.25) is 15.9 Å². The Morgan fingerprint density at radius 3 is 2.52 bits per heavy atom. The van der Waals surface area contributed by atoms with E-state index in [1.54, 1.807) is 6.07 Å². The van der Waals surface area contributed by atoms with Gasteiger partial charge in [0, 0.05) is 5.69 Å². The normalized spacial score (nSPS) is 14.3. The molecule has 1 aromatic rings. The minimum Gasteiger partial charge on any atom is -0.325 e. The SMILES string of the molecule is CCC(C)C(N)C(=O)Nc1ccc(NS(C)(=O)=O)c(Cl)c1. The molecule has 1 amide bonds. The van der Waals surface area contributed by atoms with E-state index in [0.29, 0.717) is 5.69 Å². The predicted octanol–water partition coefficient (Wildman–Crippen LogP) is 2.02. The summed E-state index contributed by atoms with van der Waals surface area (Å²) in [6.07, 6.45) is 1.83. The quantitative estimate of drug-likeness (QED) is 0.741. The van der Waals surface area contributed by atoms with Crippen molar-refractivity contribution in [3.05, 3.63) is 23.2 Å². The maximum absolute atomic E-state index is 11.9. The molecule has 0 saturated carbocycles. The Morgan fingerprint density at radius 1 is 1.43 bits per heavy atom. The number of hydrogen-bond donors (Lipinski definition) is 3. The van der Waals surface area contributed by atoms with Gasteiger partial charge in [-0.15, -0.1) is 0 Å². The highest BCUT2D eigenvalue weighted by atomic mass is 35.5. The van der Waals surface area contributed by atoms with Crippen molar-refractivity contribution < 1.29 is 13.2 Å². The Morgan fingerprint density at radius 2 is 2.05 bits per heavy atom. The molecule has 0 radical (unpaired) electrons. The maximum Gasteiger partial charge on any atom is 0.241 e. The minimum atomic E-state index is -3.41. The van der Waals surface area contributed by atoms with Crippen LogP contribution in [0.3, 0.4) is 0 Å². The van der Waals surface area contributed by atoms with Crippen molar-refractivity contribution in [2.45, 2.75) is 26.3 Å². The molecule has 1 aromatic carbocycles. The molecule has 4 N–H and O–H groups in total. The molecule has 118 valence electrons. The average Bonchev–Trinajstić information content (AvgIpc) is 2.38.